The highest BCUT2D eigenvalue weighted by atomic mass is 79.9. The van der Waals surface area contributed by atoms with E-state index in [1.54, 1.807) is 6.07 Å². The predicted molar refractivity (Wildman–Crippen MR) is 76.5 cm³/mol. The Kier molecular flexibility index (Phi) is 3.56. The number of anilines is 1. The van der Waals surface area contributed by atoms with Gasteiger partial charge in [0.1, 0.15) is 0 Å². The van der Waals surface area contributed by atoms with Crippen molar-refractivity contribution in [2.45, 2.75) is 19.0 Å². The molecule has 108 valence electrons. The van der Waals surface area contributed by atoms with Crippen molar-refractivity contribution >= 4 is 21.6 Å². The molecule has 2 aliphatic carbocycles. The maximum Gasteiger partial charge on any atom is 0.417 e. The van der Waals surface area contributed by atoms with Crippen molar-refractivity contribution in [2.75, 3.05) is 11.9 Å². The van der Waals surface area contributed by atoms with Crippen LogP contribution < -0.4 is 5.32 Å². The lowest BCUT2D eigenvalue weighted by Crippen LogP contribution is -2.18. The van der Waals surface area contributed by atoms with Gasteiger partial charge in [0.05, 0.1) is 5.56 Å². The van der Waals surface area contributed by atoms with E-state index < -0.39 is 11.7 Å². The highest BCUT2D eigenvalue weighted by Crippen LogP contribution is 2.43. The van der Waals surface area contributed by atoms with E-state index in [9.17, 15) is 13.2 Å². The van der Waals surface area contributed by atoms with Crippen LogP contribution >= 0.6 is 15.9 Å². The molecule has 0 radical (unpaired) electrons. The zero-order chi connectivity index (χ0) is 14.3. The molecule has 0 aliphatic heterocycles. The van der Waals surface area contributed by atoms with Gasteiger partial charge in [0, 0.05) is 16.7 Å². The van der Waals surface area contributed by atoms with Gasteiger partial charge in [0.15, 0.2) is 0 Å². The minimum atomic E-state index is -4.33. The summed E-state index contributed by atoms with van der Waals surface area (Å²) in [6, 6.07) is 4.31. The van der Waals surface area contributed by atoms with Gasteiger partial charge in [-0.25, -0.2) is 0 Å². The number of benzene rings is 1. The minimum absolute atomic E-state index is 0.0819. The van der Waals surface area contributed by atoms with Crippen LogP contribution in [0.2, 0.25) is 0 Å². The normalized spacial score (nSPS) is 28.1. The molecule has 0 aromatic heterocycles. The first kappa shape index (κ1) is 14.0. The van der Waals surface area contributed by atoms with Crippen molar-refractivity contribution in [1.82, 2.24) is 0 Å². The summed E-state index contributed by atoms with van der Waals surface area (Å²) in [4.78, 5) is 0. The highest BCUT2D eigenvalue weighted by Gasteiger charge is 2.36. The van der Waals surface area contributed by atoms with Crippen LogP contribution in [-0.4, -0.2) is 6.54 Å². The summed E-state index contributed by atoms with van der Waals surface area (Å²) in [5, 5.41) is 3.16. The summed E-state index contributed by atoms with van der Waals surface area (Å²) in [7, 11) is 0. The van der Waals surface area contributed by atoms with Gasteiger partial charge in [-0.2, -0.15) is 13.2 Å². The maximum atomic E-state index is 12.8. The Morgan fingerprint density at radius 1 is 1.20 bits per heavy atom. The molecule has 1 saturated carbocycles. The summed E-state index contributed by atoms with van der Waals surface area (Å²) in [5.74, 6) is 1.83. The molecule has 0 amide bonds. The molecule has 0 saturated heterocycles. The summed E-state index contributed by atoms with van der Waals surface area (Å²) >= 11 is 2.95. The van der Waals surface area contributed by atoms with E-state index in [0.717, 1.165) is 13.0 Å². The van der Waals surface area contributed by atoms with Gasteiger partial charge in [0.2, 0.25) is 0 Å². The summed E-state index contributed by atoms with van der Waals surface area (Å²) < 4.78 is 38.6. The lowest BCUT2D eigenvalue weighted by Gasteiger charge is -2.20. The van der Waals surface area contributed by atoms with Crippen LogP contribution in [0.3, 0.4) is 0 Å². The average molecular weight is 346 g/mol. The second kappa shape index (κ2) is 5.10. The van der Waals surface area contributed by atoms with Gasteiger partial charge >= 0.3 is 6.18 Å². The zero-order valence-corrected chi connectivity index (χ0v) is 12.3. The first-order chi connectivity index (χ1) is 9.43. The molecular weight excluding hydrogens is 331 g/mol. The fourth-order valence-corrected chi connectivity index (χ4v) is 3.70. The Morgan fingerprint density at radius 2 is 2.00 bits per heavy atom. The van der Waals surface area contributed by atoms with Crippen molar-refractivity contribution in [2.24, 2.45) is 17.8 Å². The molecule has 3 unspecified atom stereocenters. The number of fused-ring (bicyclic) bond motifs is 2. The number of alkyl halides is 3. The highest BCUT2D eigenvalue weighted by molar-refractivity contribution is 9.10. The van der Waals surface area contributed by atoms with Gasteiger partial charge in [-0.3, -0.25) is 0 Å². The molecule has 1 aromatic carbocycles. The molecule has 1 N–H and O–H groups in total. The quantitative estimate of drug-likeness (QED) is 0.752. The van der Waals surface area contributed by atoms with Crippen LogP contribution in [0.1, 0.15) is 18.4 Å². The second-order valence-electron chi connectivity index (χ2n) is 5.61. The molecule has 20 heavy (non-hydrogen) atoms. The molecule has 2 aliphatic rings. The Morgan fingerprint density at radius 3 is 2.60 bits per heavy atom. The zero-order valence-electron chi connectivity index (χ0n) is 10.8. The number of nitrogens with one attached hydrogen (secondary N) is 1. The van der Waals surface area contributed by atoms with Crippen molar-refractivity contribution in [3.8, 4) is 0 Å². The van der Waals surface area contributed by atoms with Crippen molar-refractivity contribution in [1.29, 1.82) is 0 Å². The minimum Gasteiger partial charge on any atom is -0.385 e. The fraction of sp³-hybridized carbons (Fsp3) is 0.467. The molecular formula is C15H15BrF3N. The van der Waals surface area contributed by atoms with Crippen molar-refractivity contribution in [3.63, 3.8) is 0 Å². The molecule has 1 nitrogen and oxygen atoms in total. The number of rotatable bonds is 3. The second-order valence-corrected chi connectivity index (χ2v) is 6.47. The van der Waals surface area contributed by atoms with Crippen molar-refractivity contribution < 1.29 is 13.2 Å². The van der Waals surface area contributed by atoms with E-state index >= 15 is 0 Å². The summed E-state index contributed by atoms with van der Waals surface area (Å²) in [6.07, 6.45) is 2.55. The number of halogens is 4. The molecule has 0 heterocycles. The third-order valence-electron chi connectivity index (χ3n) is 4.26. The number of allylic oxidation sites excluding steroid dienone is 2. The fourth-order valence-electron chi connectivity index (χ4n) is 3.23. The van der Waals surface area contributed by atoms with E-state index in [2.05, 4.69) is 33.4 Å². The van der Waals surface area contributed by atoms with E-state index in [-0.39, 0.29) is 4.47 Å². The topological polar surface area (TPSA) is 12.0 Å². The molecule has 3 rings (SSSR count). The molecule has 1 fully saturated rings. The predicted octanol–water partition coefficient (Wildman–Crippen LogP) is 5.09. The Hall–Kier alpha value is -0.970. The summed E-state index contributed by atoms with van der Waals surface area (Å²) in [5.41, 5.74) is -0.0948. The monoisotopic (exact) mass is 345 g/mol. The molecule has 3 atom stereocenters. The largest absolute Gasteiger partial charge is 0.417 e. The van der Waals surface area contributed by atoms with Gasteiger partial charge in [-0.1, -0.05) is 28.1 Å². The Labute approximate surface area is 124 Å². The SMILES string of the molecule is FC(F)(F)c1cc(NCC2CC3C=CC2C3)ccc1Br. The first-order valence-corrected chi connectivity index (χ1v) is 7.52. The molecule has 0 spiro atoms. The average Bonchev–Trinajstić information content (AvgIpc) is 2.98. The first-order valence-electron chi connectivity index (χ1n) is 6.72. The van der Waals surface area contributed by atoms with Gasteiger partial charge < -0.3 is 5.32 Å². The van der Waals surface area contributed by atoms with E-state index in [1.165, 1.54) is 18.6 Å². The lowest BCUT2D eigenvalue weighted by molar-refractivity contribution is -0.138. The maximum absolute atomic E-state index is 12.8. The molecule has 2 bridgehead atoms. The standard InChI is InChI=1S/C15H15BrF3N/c16-14-4-3-12(7-13(14)15(17,18)19)20-8-11-6-9-1-2-10(11)5-9/h1-4,7,9-11,20H,5-6,8H2. The Balaban J connectivity index is 1.68. The number of hydrogen-bond donors (Lipinski definition) is 1. The van der Waals surface area contributed by atoms with Gasteiger partial charge in [0.25, 0.3) is 0 Å². The van der Waals surface area contributed by atoms with Crippen LogP contribution in [-0.2, 0) is 6.18 Å². The van der Waals surface area contributed by atoms with Crippen LogP contribution in [0, 0.1) is 17.8 Å². The van der Waals surface area contributed by atoms with E-state index in [0.29, 0.717) is 23.4 Å². The molecule has 1 aromatic rings. The van der Waals surface area contributed by atoms with E-state index in [1.807, 2.05) is 0 Å². The van der Waals surface area contributed by atoms with Crippen LogP contribution in [0.25, 0.3) is 0 Å². The van der Waals surface area contributed by atoms with Crippen LogP contribution in [0.5, 0.6) is 0 Å². The summed E-state index contributed by atoms with van der Waals surface area (Å²) in [6.45, 7) is 0.741. The van der Waals surface area contributed by atoms with Gasteiger partial charge in [-0.05, 0) is 48.8 Å². The van der Waals surface area contributed by atoms with Crippen molar-refractivity contribution in [3.05, 3.63) is 40.4 Å². The van der Waals surface area contributed by atoms with Crippen LogP contribution in [0.15, 0.2) is 34.8 Å². The third kappa shape index (κ3) is 2.73. The number of hydrogen-bond acceptors (Lipinski definition) is 1. The molecule has 5 heteroatoms. The van der Waals surface area contributed by atoms with E-state index in [4.69, 9.17) is 0 Å². The van der Waals surface area contributed by atoms with Crippen LogP contribution in [0.4, 0.5) is 18.9 Å². The smallest absolute Gasteiger partial charge is 0.385 e. The third-order valence-corrected chi connectivity index (χ3v) is 4.95. The Bertz CT molecular complexity index is 538. The lowest BCUT2D eigenvalue weighted by atomic mass is 9.93. The van der Waals surface area contributed by atoms with Gasteiger partial charge in [-0.15, -0.1) is 0 Å².